The van der Waals surface area contributed by atoms with Crippen molar-refractivity contribution in [2.45, 2.75) is 18.9 Å². The lowest BCUT2D eigenvalue weighted by atomic mass is 10.1. The topological polar surface area (TPSA) is 260 Å². The molecule has 10 N–H and O–H groups in total. The molecule has 172 valence electrons. The molecule has 0 bridgehead atoms. The Kier molecular flexibility index (Phi) is 6.77. The van der Waals surface area contributed by atoms with Crippen molar-refractivity contribution in [2.75, 3.05) is 22.1 Å². The number of aryl methyl sites for hydroxylation is 1. The molecule has 0 aliphatic rings. The van der Waals surface area contributed by atoms with Crippen LogP contribution in [0, 0.1) is 0 Å². The number of hydrogen-bond donors (Lipinski definition) is 8. The number of nitrogens with two attached hydrogens (primary N) is 2. The predicted molar refractivity (Wildman–Crippen MR) is 114 cm³/mol. The molecule has 1 aromatic carbocycles. The van der Waals surface area contributed by atoms with Crippen molar-refractivity contribution < 1.29 is 19.5 Å². The number of carboxylic acid groups (broad SMARTS) is 1. The lowest BCUT2D eigenvalue weighted by Crippen LogP contribution is -2.41. The lowest BCUT2D eigenvalue weighted by Gasteiger charge is -2.14. The van der Waals surface area contributed by atoms with Gasteiger partial charge in [-0.3, -0.25) is 19.9 Å². The third-order valence-corrected chi connectivity index (χ3v) is 4.26. The number of hydrogen-bond acceptors (Lipinski definition) is 10. The Morgan fingerprint density at radius 1 is 1.12 bits per heavy atom. The summed E-state index contributed by atoms with van der Waals surface area (Å²) in [6.45, 7) is 0. The van der Waals surface area contributed by atoms with E-state index in [1.165, 1.54) is 24.3 Å². The van der Waals surface area contributed by atoms with Crippen LogP contribution in [0.1, 0.15) is 22.6 Å². The van der Waals surface area contributed by atoms with Gasteiger partial charge in [0.05, 0.1) is 0 Å². The summed E-state index contributed by atoms with van der Waals surface area (Å²) in [7, 11) is 0. The second-order valence-electron chi connectivity index (χ2n) is 6.60. The molecule has 3 aromatic rings. The zero-order valence-corrected chi connectivity index (χ0v) is 16.8. The maximum absolute atomic E-state index is 12.4. The third-order valence-electron chi connectivity index (χ3n) is 4.26. The summed E-state index contributed by atoms with van der Waals surface area (Å²) < 4.78 is 0. The number of anilines is 4. The van der Waals surface area contributed by atoms with E-state index in [1.807, 2.05) is 0 Å². The number of nitrogens with zero attached hydrogens (tertiary/aromatic N) is 4. The number of urea groups is 1. The van der Waals surface area contributed by atoms with E-state index in [0.717, 1.165) is 0 Å². The monoisotopic (exact) mass is 457 g/mol. The van der Waals surface area contributed by atoms with Gasteiger partial charge in [0.1, 0.15) is 6.04 Å². The van der Waals surface area contributed by atoms with Crippen LogP contribution in [-0.2, 0) is 11.2 Å². The number of tetrazole rings is 1. The number of aromatic nitrogens is 6. The summed E-state index contributed by atoms with van der Waals surface area (Å²) in [5.74, 6) is -1.97. The Balaban J connectivity index is 1.58. The zero-order valence-electron chi connectivity index (χ0n) is 16.8. The molecule has 3 amide bonds. The normalized spacial score (nSPS) is 11.4. The Labute approximate surface area is 184 Å². The van der Waals surface area contributed by atoms with Crippen molar-refractivity contribution in [3.05, 3.63) is 46.0 Å². The van der Waals surface area contributed by atoms with Crippen LogP contribution in [0.4, 0.5) is 27.9 Å². The standard InChI is InChI=1S/C17H19N11O5/c18-12-11(14(30)24-16(19)23-12)22-17(33)20-8-3-1-7(2-4-8)13(29)21-9(15(31)32)5-6-10-25-27-28-26-10/h1-4,9H,5-6H2,(H,21,29)(H,31,32)(H2,20,22,33)(H,25,26,27,28)(H5,18,19,23,24,30)/t9-/m0/s1. The molecular weight excluding hydrogens is 438 g/mol. The summed E-state index contributed by atoms with van der Waals surface area (Å²) in [5.41, 5.74) is 10.4. The molecule has 0 fully saturated rings. The highest BCUT2D eigenvalue weighted by Gasteiger charge is 2.21. The zero-order chi connectivity index (χ0) is 24.0. The van der Waals surface area contributed by atoms with Crippen LogP contribution < -0.4 is 33.0 Å². The first-order chi connectivity index (χ1) is 15.7. The van der Waals surface area contributed by atoms with E-state index < -0.39 is 29.5 Å². The van der Waals surface area contributed by atoms with Crippen LogP contribution in [-0.4, -0.2) is 59.6 Å². The number of carboxylic acids is 1. The Hall–Kier alpha value is -5.02. The van der Waals surface area contributed by atoms with Gasteiger partial charge in [-0.2, -0.15) is 10.2 Å². The fourth-order valence-corrected chi connectivity index (χ4v) is 2.67. The minimum absolute atomic E-state index is 0.0582. The van der Waals surface area contributed by atoms with Crippen LogP contribution in [0.5, 0.6) is 0 Å². The molecule has 0 aliphatic carbocycles. The van der Waals surface area contributed by atoms with E-state index >= 15 is 0 Å². The maximum atomic E-state index is 12.4. The fourth-order valence-electron chi connectivity index (χ4n) is 2.67. The van der Waals surface area contributed by atoms with E-state index in [0.29, 0.717) is 5.82 Å². The highest BCUT2D eigenvalue weighted by molar-refractivity contribution is 6.02. The molecule has 2 aromatic heterocycles. The van der Waals surface area contributed by atoms with Crippen molar-refractivity contribution in [2.24, 2.45) is 0 Å². The molecule has 0 radical (unpaired) electrons. The van der Waals surface area contributed by atoms with E-state index in [1.54, 1.807) is 0 Å². The van der Waals surface area contributed by atoms with E-state index in [-0.39, 0.29) is 41.5 Å². The quantitative estimate of drug-likeness (QED) is 0.201. The Bertz CT molecular complexity index is 1210. The number of H-pyrrole nitrogens is 2. The maximum Gasteiger partial charge on any atom is 0.326 e. The first-order valence-corrected chi connectivity index (χ1v) is 9.32. The van der Waals surface area contributed by atoms with Crippen LogP contribution in [0.3, 0.4) is 0 Å². The van der Waals surface area contributed by atoms with Crippen molar-refractivity contribution >= 4 is 41.0 Å². The molecular formula is C17H19N11O5. The average Bonchev–Trinajstić information content (AvgIpc) is 3.27. The first kappa shape index (κ1) is 22.7. The molecule has 16 heteroatoms. The van der Waals surface area contributed by atoms with Crippen LogP contribution in [0.15, 0.2) is 29.1 Å². The van der Waals surface area contributed by atoms with Gasteiger partial charge >= 0.3 is 12.0 Å². The molecule has 0 saturated carbocycles. The number of rotatable bonds is 8. The number of benzene rings is 1. The Morgan fingerprint density at radius 3 is 2.45 bits per heavy atom. The highest BCUT2D eigenvalue weighted by Crippen LogP contribution is 2.13. The molecule has 1 atom stereocenters. The highest BCUT2D eigenvalue weighted by atomic mass is 16.4. The van der Waals surface area contributed by atoms with Gasteiger partial charge in [0, 0.05) is 17.7 Å². The first-order valence-electron chi connectivity index (χ1n) is 9.32. The second-order valence-corrected chi connectivity index (χ2v) is 6.60. The minimum atomic E-state index is -1.21. The molecule has 0 saturated heterocycles. The second kappa shape index (κ2) is 9.86. The van der Waals surface area contributed by atoms with E-state index in [4.69, 9.17) is 11.5 Å². The molecule has 0 aliphatic heterocycles. The van der Waals surface area contributed by atoms with Gasteiger partial charge in [-0.25, -0.2) is 9.59 Å². The Morgan fingerprint density at radius 2 is 1.85 bits per heavy atom. The molecule has 0 unspecified atom stereocenters. The number of carbonyl (C=O) groups excluding carboxylic acids is 2. The van der Waals surface area contributed by atoms with Gasteiger partial charge in [-0.15, -0.1) is 10.2 Å². The van der Waals surface area contributed by atoms with Gasteiger partial charge in [-0.1, -0.05) is 5.21 Å². The molecule has 0 spiro atoms. The SMILES string of the molecule is Nc1nc(N)c(NC(=O)Nc2ccc(C(=O)N[C@@H](CCc3nn[nH]n3)C(=O)O)cc2)c(=O)[nH]1. The third kappa shape index (κ3) is 6.00. The molecule has 2 heterocycles. The van der Waals surface area contributed by atoms with E-state index in [2.05, 4.69) is 46.5 Å². The summed E-state index contributed by atoms with van der Waals surface area (Å²) in [4.78, 5) is 53.6. The molecule has 16 nitrogen and oxygen atoms in total. The van der Waals surface area contributed by atoms with Gasteiger partial charge < -0.3 is 27.2 Å². The van der Waals surface area contributed by atoms with Gasteiger partial charge in [0.15, 0.2) is 17.3 Å². The van der Waals surface area contributed by atoms with Gasteiger partial charge in [0.25, 0.3) is 11.5 Å². The summed E-state index contributed by atoms with van der Waals surface area (Å²) in [6.07, 6.45) is 0.255. The van der Waals surface area contributed by atoms with Crippen LogP contribution >= 0.6 is 0 Å². The number of aromatic amines is 2. The van der Waals surface area contributed by atoms with Gasteiger partial charge in [-0.05, 0) is 30.7 Å². The largest absolute Gasteiger partial charge is 0.480 e. The van der Waals surface area contributed by atoms with Gasteiger partial charge in [0.2, 0.25) is 5.95 Å². The number of carbonyl (C=O) groups is 3. The lowest BCUT2D eigenvalue weighted by molar-refractivity contribution is -0.139. The van der Waals surface area contributed by atoms with Crippen molar-refractivity contribution in [3.63, 3.8) is 0 Å². The fraction of sp³-hybridized carbons (Fsp3) is 0.176. The van der Waals surface area contributed by atoms with Crippen molar-refractivity contribution in [1.82, 2.24) is 35.9 Å². The number of nitrogen functional groups attached to an aromatic ring is 2. The predicted octanol–water partition coefficient (Wildman–Crippen LogP) is -1.09. The minimum Gasteiger partial charge on any atom is -0.480 e. The molecule has 3 rings (SSSR count). The summed E-state index contributed by atoms with van der Waals surface area (Å²) in [5, 5.41) is 29.6. The number of nitrogens with one attached hydrogen (secondary N) is 5. The van der Waals surface area contributed by atoms with Crippen LogP contribution in [0.25, 0.3) is 0 Å². The summed E-state index contributed by atoms with van der Waals surface area (Å²) in [6, 6.07) is 3.64. The summed E-state index contributed by atoms with van der Waals surface area (Å²) >= 11 is 0. The van der Waals surface area contributed by atoms with E-state index in [9.17, 15) is 24.3 Å². The number of amides is 3. The smallest absolute Gasteiger partial charge is 0.326 e. The van der Waals surface area contributed by atoms with Crippen LogP contribution in [0.2, 0.25) is 0 Å². The van der Waals surface area contributed by atoms with Crippen molar-refractivity contribution in [1.29, 1.82) is 0 Å². The van der Waals surface area contributed by atoms with Crippen molar-refractivity contribution in [3.8, 4) is 0 Å². The average molecular weight is 457 g/mol. The molecule has 33 heavy (non-hydrogen) atoms. The number of aliphatic carboxylic acids is 1.